The molecule has 0 saturated heterocycles. The molecular formula is C8H13FO6S. The minimum Gasteiger partial charge on any atom is -0.459 e. The monoisotopic (exact) mass is 256 g/mol. The summed E-state index contributed by atoms with van der Waals surface area (Å²) in [6.07, 6.45) is 0.478. The fourth-order valence-electron chi connectivity index (χ4n) is 1.50. The largest absolute Gasteiger partial charge is 0.459 e. The molecule has 1 aliphatic carbocycles. The number of aliphatic hydroxyl groups is 1. The van der Waals surface area contributed by atoms with Crippen LogP contribution in [0.2, 0.25) is 0 Å². The lowest BCUT2D eigenvalue weighted by molar-refractivity contribution is -0.154. The normalized spacial score (nSPS) is 28.4. The summed E-state index contributed by atoms with van der Waals surface area (Å²) < 4.78 is 46.2. The van der Waals surface area contributed by atoms with Gasteiger partial charge < -0.3 is 9.84 Å². The van der Waals surface area contributed by atoms with Crippen molar-refractivity contribution in [1.82, 2.24) is 0 Å². The van der Waals surface area contributed by atoms with Crippen LogP contribution < -0.4 is 0 Å². The van der Waals surface area contributed by atoms with Crippen molar-refractivity contribution >= 4 is 16.1 Å². The molecule has 1 aliphatic rings. The zero-order valence-corrected chi connectivity index (χ0v) is 9.19. The van der Waals surface area contributed by atoms with E-state index in [1.807, 2.05) is 0 Å². The van der Waals surface area contributed by atoms with Crippen molar-refractivity contribution in [2.45, 2.75) is 43.4 Å². The van der Waals surface area contributed by atoms with Gasteiger partial charge in [0.1, 0.15) is 6.10 Å². The van der Waals surface area contributed by atoms with Gasteiger partial charge in [-0.05, 0) is 25.7 Å². The van der Waals surface area contributed by atoms with E-state index >= 15 is 0 Å². The average Bonchev–Trinajstić information content (AvgIpc) is 2.19. The summed E-state index contributed by atoms with van der Waals surface area (Å²) in [4.78, 5) is 10.9. The number of esters is 1. The Labute approximate surface area is 92.2 Å². The Morgan fingerprint density at radius 1 is 1.31 bits per heavy atom. The number of hydrogen-bond acceptors (Lipinski definition) is 5. The van der Waals surface area contributed by atoms with Gasteiger partial charge in [-0.25, -0.2) is 9.18 Å². The maximum Gasteiger partial charge on any atom is 0.359 e. The third kappa shape index (κ3) is 3.69. The standard InChI is InChI=1S/C8H13FO6S/c9-7(16(12,13)14)8(11)15-6-3-1-5(10)2-4-6/h5-7,10H,1-4H2,(H,12,13,14). The fourth-order valence-corrected chi connectivity index (χ4v) is 1.80. The first-order chi connectivity index (χ1) is 7.30. The number of rotatable bonds is 3. The predicted octanol–water partition coefficient (Wildman–Crippen LogP) is 0.0165. The molecule has 94 valence electrons. The van der Waals surface area contributed by atoms with Gasteiger partial charge >= 0.3 is 21.6 Å². The number of ether oxygens (including phenoxy) is 1. The van der Waals surface area contributed by atoms with Crippen LogP contribution in [-0.2, 0) is 19.6 Å². The van der Waals surface area contributed by atoms with Crippen LogP contribution >= 0.6 is 0 Å². The van der Waals surface area contributed by atoms with Crippen LogP contribution in [0.3, 0.4) is 0 Å². The molecule has 1 saturated carbocycles. The molecule has 2 N–H and O–H groups in total. The van der Waals surface area contributed by atoms with Crippen molar-refractivity contribution in [2.24, 2.45) is 0 Å². The number of hydrogen-bond donors (Lipinski definition) is 2. The minimum absolute atomic E-state index is 0.352. The molecule has 0 aromatic heterocycles. The highest BCUT2D eigenvalue weighted by atomic mass is 32.2. The van der Waals surface area contributed by atoms with Gasteiger partial charge in [-0.15, -0.1) is 0 Å². The lowest BCUT2D eigenvalue weighted by Crippen LogP contribution is -2.33. The van der Waals surface area contributed by atoms with E-state index in [2.05, 4.69) is 4.74 Å². The molecule has 1 rings (SSSR count). The highest BCUT2D eigenvalue weighted by molar-refractivity contribution is 7.87. The summed E-state index contributed by atoms with van der Waals surface area (Å²) in [5.41, 5.74) is -3.06. The van der Waals surface area contributed by atoms with E-state index < -0.39 is 33.8 Å². The van der Waals surface area contributed by atoms with Crippen molar-refractivity contribution in [2.75, 3.05) is 0 Å². The zero-order chi connectivity index (χ0) is 12.3. The number of aliphatic hydroxyl groups excluding tert-OH is 1. The fraction of sp³-hybridized carbons (Fsp3) is 0.875. The van der Waals surface area contributed by atoms with Crippen molar-refractivity contribution < 1.29 is 32.0 Å². The van der Waals surface area contributed by atoms with Gasteiger partial charge in [-0.1, -0.05) is 0 Å². The quantitative estimate of drug-likeness (QED) is 0.545. The van der Waals surface area contributed by atoms with Crippen LogP contribution in [0.25, 0.3) is 0 Å². The van der Waals surface area contributed by atoms with Crippen molar-refractivity contribution in [3.05, 3.63) is 0 Å². The first-order valence-electron chi connectivity index (χ1n) is 4.79. The molecular weight excluding hydrogens is 243 g/mol. The highest BCUT2D eigenvalue weighted by Gasteiger charge is 2.34. The topological polar surface area (TPSA) is 101 Å². The first-order valence-corrected chi connectivity index (χ1v) is 6.30. The first kappa shape index (κ1) is 13.3. The van der Waals surface area contributed by atoms with Crippen LogP contribution in [-0.4, -0.2) is 41.8 Å². The molecule has 0 spiro atoms. The molecule has 0 aromatic carbocycles. The molecule has 16 heavy (non-hydrogen) atoms. The molecule has 6 nitrogen and oxygen atoms in total. The molecule has 0 heterocycles. The van der Waals surface area contributed by atoms with Crippen molar-refractivity contribution in [3.63, 3.8) is 0 Å². The maximum absolute atomic E-state index is 12.8. The van der Waals surface area contributed by atoms with Gasteiger partial charge in [0.15, 0.2) is 0 Å². The van der Waals surface area contributed by atoms with Gasteiger partial charge in [0.2, 0.25) is 0 Å². The summed E-state index contributed by atoms with van der Waals surface area (Å²) in [5.74, 6) is -1.61. The molecule has 0 bridgehead atoms. The average molecular weight is 256 g/mol. The molecule has 1 atom stereocenters. The van der Waals surface area contributed by atoms with E-state index in [9.17, 15) is 17.6 Å². The molecule has 0 radical (unpaired) electrons. The Hall–Kier alpha value is -0.730. The Balaban J connectivity index is 2.46. The Morgan fingerprint density at radius 3 is 2.25 bits per heavy atom. The van der Waals surface area contributed by atoms with Crippen LogP contribution in [0.15, 0.2) is 0 Å². The lowest BCUT2D eigenvalue weighted by Gasteiger charge is -2.25. The SMILES string of the molecule is O=C(OC1CCC(O)CC1)C(F)S(=O)(=O)O. The van der Waals surface area contributed by atoms with Crippen LogP contribution in [0.4, 0.5) is 4.39 Å². The maximum atomic E-state index is 12.8. The van der Waals surface area contributed by atoms with Crippen LogP contribution in [0, 0.1) is 0 Å². The molecule has 1 unspecified atom stereocenters. The van der Waals surface area contributed by atoms with Gasteiger partial charge in [-0.2, -0.15) is 8.42 Å². The second kappa shape index (κ2) is 5.07. The third-order valence-electron chi connectivity index (χ3n) is 2.37. The van der Waals surface area contributed by atoms with E-state index in [1.165, 1.54) is 0 Å². The summed E-state index contributed by atoms with van der Waals surface area (Å²) in [6.45, 7) is 0. The minimum atomic E-state index is -5.05. The summed E-state index contributed by atoms with van der Waals surface area (Å²) in [5, 5.41) is 9.15. The van der Waals surface area contributed by atoms with Crippen molar-refractivity contribution in [3.8, 4) is 0 Å². The van der Waals surface area contributed by atoms with Gasteiger partial charge in [0.25, 0.3) is 0 Å². The van der Waals surface area contributed by atoms with Gasteiger partial charge in [-0.3, -0.25) is 4.55 Å². The van der Waals surface area contributed by atoms with Crippen molar-refractivity contribution in [1.29, 1.82) is 0 Å². The third-order valence-corrected chi connectivity index (χ3v) is 3.09. The Kier molecular flexibility index (Phi) is 4.22. The summed E-state index contributed by atoms with van der Waals surface area (Å²) in [7, 11) is -5.05. The second-order valence-corrected chi connectivity index (χ2v) is 5.14. The number of halogens is 1. The molecule has 0 aromatic rings. The Bertz CT molecular complexity index is 346. The van der Waals surface area contributed by atoms with Gasteiger partial charge in [0.05, 0.1) is 6.10 Å². The lowest BCUT2D eigenvalue weighted by atomic mass is 9.95. The number of carbonyl (C=O) groups is 1. The number of alkyl halides is 1. The molecule has 0 aliphatic heterocycles. The Morgan fingerprint density at radius 2 is 1.81 bits per heavy atom. The van der Waals surface area contributed by atoms with Crippen LogP contribution in [0.1, 0.15) is 25.7 Å². The molecule has 1 fully saturated rings. The second-order valence-electron chi connectivity index (χ2n) is 3.70. The molecule has 0 amide bonds. The van der Waals surface area contributed by atoms with Crippen LogP contribution in [0.5, 0.6) is 0 Å². The smallest absolute Gasteiger partial charge is 0.359 e. The van der Waals surface area contributed by atoms with E-state index in [0.29, 0.717) is 25.7 Å². The predicted molar refractivity (Wildman–Crippen MR) is 50.8 cm³/mol. The summed E-state index contributed by atoms with van der Waals surface area (Å²) >= 11 is 0. The van der Waals surface area contributed by atoms with E-state index in [-0.39, 0.29) is 0 Å². The van der Waals surface area contributed by atoms with E-state index in [0.717, 1.165) is 0 Å². The van der Waals surface area contributed by atoms with Gasteiger partial charge in [0, 0.05) is 0 Å². The zero-order valence-electron chi connectivity index (χ0n) is 8.37. The highest BCUT2D eigenvalue weighted by Crippen LogP contribution is 2.22. The molecule has 8 heteroatoms. The summed E-state index contributed by atoms with van der Waals surface area (Å²) in [6, 6.07) is 0. The van der Waals surface area contributed by atoms with E-state index in [4.69, 9.17) is 9.66 Å². The number of carbonyl (C=O) groups excluding carboxylic acids is 1. The van der Waals surface area contributed by atoms with E-state index in [1.54, 1.807) is 0 Å².